The zero-order valence-electron chi connectivity index (χ0n) is 76.6. The molecule has 24 rings (SSSR count). The molecule has 0 bridgehead atoms. The Bertz CT molecular complexity index is 8690. The minimum absolute atomic E-state index is 0.113. The molecule has 0 aliphatic rings. The van der Waals surface area contributed by atoms with Crippen LogP contribution in [0, 0.1) is 0 Å². The van der Waals surface area contributed by atoms with Crippen LogP contribution in [-0.4, -0.2) is 16.1 Å². The fourth-order valence-corrected chi connectivity index (χ4v) is 25.7. The summed E-state index contributed by atoms with van der Waals surface area (Å²) in [6.45, 7) is 29.1. The summed E-state index contributed by atoms with van der Waals surface area (Å²) < 4.78 is 28.4. The molecule has 132 heavy (non-hydrogen) atoms. The Balaban J connectivity index is 0.669. The predicted octanol–water partition coefficient (Wildman–Crippen LogP) is 36.0. The van der Waals surface area contributed by atoms with Crippen molar-refractivity contribution in [2.75, 3.05) is 19.6 Å². The van der Waals surface area contributed by atoms with E-state index in [0.717, 1.165) is 168 Å². The van der Waals surface area contributed by atoms with Crippen molar-refractivity contribution in [3.8, 4) is 0 Å². The summed E-state index contributed by atoms with van der Waals surface area (Å²) in [7, 11) is -4.00. The second-order valence-corrected chi connectivity index (χ2v) is 49.2. The van der Waals surface area contributed by atoms with Crippen molar-refractivity contribution in [2.24, 2.45) is 0 Å². The Kier molecular flexibility index (Phi) is 18.9. The summed E-state index contributed by atoms with van der Waals surface area (Å²) in [6.07, 6.45) is 0.958. The van der Waals surface area contributed by atoms with Crippen molar-refractivity contribution >= 4 is 247 Å². The van der Waals surface area contributed by atoms with E-state index in [1.807, 2.05) is 0 Å². The molecule has 642 valence electrons. The summed E-state index contributed by atoms with van der Waals surface area (Å²) >= 11 is 0. The highest BCUT2D eigenvalue weighted by molar-refractivity contribution is 6.90. The summed E-state index contributed by atoms with van der Waals surface area (Å²) in [4.78, 5) is 9.99. The molecule has 4 heterocycles. The van der Waals surface area contributed by atoms with E-state index < -0.39 is 16.1 Å². The minimum Gasteiger partial charge on any atom is -0.454 e. The van der Waals surface area contributed by atoms with Crippen molar-refractivity contribution < 1.29 is 17.7 Å². The largest absolute Gasteiger partial charge is 0.454 e. The SMILES string of the molecule is CC(C)c1cc(N(c2ccc([Si](C)(C)C)cc2)c2cccc3c2oc2ccccc23)c2ccc3c(C(C)C)cc(N(c4ccc([Si](C)(C)CCC(C)c5cc(N(c6ccccc6)c6cccc7c6oc6ccccc67)c6ccc7c(C(C)C)cc(N(c8ccccc8)c8cccc9c8oc8ccccc89)c8ccc5c6c78)cc4)c4cccc5c4oc4ccccc45)c4ccc1c2c34. The lowest BCUT2D eigenvalue weighted by molar-refractivity contribution is 0.668. The molecule has 0 fully saturated rings. The molecule has 0 radical (unpaired) electrons. The normalized spacial score (nSPS) is 12.8. The molecular weight excluding hydrogens is 1640 g/mol. The van der Waals surface area contributed by atoms with Gasteiger partial charge < -0.3 is 37.3 Å². The first-order valence-corrected chi connectivity index (χ1v) is 53.7. The zero-order valence-corrected chi connectivity index (χ0v) is 78.6. The van der Waals surface area contributed by atoms with Gasteiger partial charge >= 0.3 is 0 Å². The zero-order chi connectivity index (χ0) is 89.4. The van der Waals surface area contributed by atoms with Crippen LogP contribution in [0.25, 0.3) is 152 Å². The van der Waals surface area contributed by atoms with Crippen LogP contribution >= 0.6 is 0 Å². The molecule has 0 saturated heterocycles. The maximum absolute atomic E-state index is 7.20. The van der Waals surface area contributed by atoms with Crippen molar-refractivity contribution in [2.45, 2.75) is 117 Å². The van der Waals surface area contributed by atoms with Gasteiger partial charge in [0.15, 0.2) is 22.3 Å². The Hall–Kier alpha value is -14.7. The fourth-order valence-electron chi connectivity index (χ4n) is 22.1. The van der Waals surface area contributed by atoms with Crippen molar-refractivity contribution in [1.82, 2.24) is 0 Å². The summed E-state index contributed by atoms with van der Waals surface area (Å²) in [5.41, 5.74) is 24.7. The number of hydrogen-bond acceptors (Lipinski definition) is 8. The molecule has 1 atom stereocenters. The number of furan rings is 4. The molecule has 1 unspecified atom stereocenters. The van der Waals surface area contributed by atoms with Gasteiger partial charge in [-0.1, -0.05) is 328 Å². The number of fused-ring (bicyclic) bond motifs is 12. The van der Waals surface area contributed by atoms with E-state index in [4.69, 9.17) is 17.7 Å². The van der Waals surface area contributed by atoms with Crippen LogP contribution in [0.2, 0.25) is 38.8 Å². The molecule has 24 aromatic rings. The minimum atomic E-state index is -2.32. The van der Waals surface area contributed by atoms with E-state index in [9.17, 15) is 0 Å². The third-order valence-electron chi connectivity index (χ3n) is 28.8. The fraction of sp³-hybridized carbons (Fsp3) is 0.148. The van der Waals surface area contributed by atoms with Gasteiger partial charge in [0.05, 0.1) is 61.6 Å². The van der Waals surface area contributed by atoms with Gasteiger partial charge in [0, 0.05) is 87.4 Å². The quantitative estimate of drug-likeness (QED) is 0.0521. The molecule has 4 aromatic heterocycles. The molecule has 0 amide bonds. The van der Waals surface area contributed by atoms with Gasteiger partial charge in [0.2, 0.25) is 0 Å². The molecule has 0 aliphatic carbocycles. The third kappa shape index (κ3) is 12.8. The second kappa shape index (κ2) is 31.0. The van der Waals surface area contributed by atoms with Gasteiger partial charge in [-0.2, -0.15) is 0 Å². The van der Waals surface area contributed by atoms with Crippen molar-refractivity contribution in [3.05, 3.63) is 374 Å². The first-order valence-electron chi connectivity index (χ1n) is 47.0. The highest BCUT2D eigenvalue weighted by Gasteiger charge is 2.35. The van der Waals surface area contributed by atoms with E-state index in [0.29, 0.717) is 0 Å². The van der Waals surface area contributed by atoms with Gasteiger partial charge in [-0.25, -0.2) is 0 Å². The highest BCUT2D eigenvalue weighted by Crippen LogP contribution is 2.58. The predicted molar refractivity (Wildman–Crippen MR) is 568 cm³/mol. The Morgan fingerprint density at radius 2 is 0.470 bits per heavy atom. The molecule has 10 heteroatoms. The van der Waals surface area contributed by atoms with Gasteiger partial charge in [-0.05, 0) is 217 Å². The highest BCUT2D eigenvalue weighted by atomic mass is 28.3. The van der Waals surface area contributed by atoms with Crippen LogP contribution in [0.5, 0.6) is 0 Å². The Morgan fingerprint density at radius 3 is 0.765 bits per heavy atom. The lowest BCUT2D eigenvalue weighted by Gasteiger charge is -2.32. The molecule has 0 spiro atoms. The first-order chi connectivity index (χ1) is 64.3. The van der Waals surface area contributed by atoms with E-state index >= 15 is 0 Å². The number of nitrogens with zero attached hydrogens (tertiary/aromatic N) is 4. The number of para-hydroxylation sites is 10. The maximum Gasteiger partial charge on any atom is 0.159 e. The Labute approximate surface area is 770 Å². The monoisotopic (exact) mass is 1740 g/mol. The third-order valence-corrected chi connectivity index (χ3v) is 34.3. The van der Waals surface area contributed by atoms with Crippen LogP contribution in [0.15, 0.2) is 370 Å². The van der Waals surface area contributed by atoms with Crippen LogP contribution in [0.4, 0.5) is 68.2 Å². The topological polar surface area (TPSA) is 65.5 Å². The lowest BCUT2D eigenvalue weighted by atomic mass is 9.83. The molecule has 8 nitrogen and oxygen atoms in total. The summed E-state index contributed by atoms with van der Waals surface area (Å²) in [6, 6.07) is 132. The average molecular weight is 1740 g/mol. The molecule has 0 N–H and O–H groups in total. The van der Waals surface area contributed by atoms with Gasteiger partial charge in [-0.3, -0.25) is 0 Å². The van der Waals surface area contributed by atoms with Crippen LogP contribution in [-0.2, 0) is 0 Å². The van der Waals surface area contributed by atoms with Gasteiger partial charge in [0.1, 0.15) is 22.3 Å². The smallest absolute Gasteiger partial charge is 0.159 e. The van der Waals surface area contributed by atoms with E-state index in [2.05, 4.69) is 453 Å². The van der Waals surface area contributed by atoms with Crippen LogP contribution < -0.4 is 30.0 Å². The molecule has 0 aliphatic heterocycles. The number of hydrogen-bond donors (Lipinski definition) is 0. The average Bonchev–Trinajstić information content (AvgIpc) is 0.845. The van der Waals surface area contributed by atoms with Crippen LogP contribution in [0.3, 0.4) is 0 Å². The summed E-state index contributed by atoms with van der Waals surface area (Å²) in [5.74, 6) is 0.631. The van der Waals surface area contributed by atoms with Gasteiger partial charge in [0.25, 0.3) is 0 Å². The maximum atomic E-state index is 7.20. The number of anilines is 12. The standard InChI is InChI=1S/C122H102N4O4Si2/c1-73(2)99-69-107(123(77-31-15-13-16-32-77)103-43-27-39-91-83-35-19-23-47-111(83)127-119(91)103)97-66-62-90-102(72-110(98-65-61-89(99)117(97)118(90)98)124(78-33-17-14-18-34-78)104-44-28-40-92-84-36-20-24-48-112(84)128-120(92)104)76(7)67-68-132(11,12)82-57-53-80(54-58-82)126(106-46-30-42-94-86-38-22-26-50-114(86)130-122(94)106)109-71-101(75(5)6)88-59-63-95-108(70-100(74(3)4)87-60-64-96(109)116(88)115(87)95)125(79-51-55-81(56-52-79)131(8,9)10)105-45-29-41-93-85-37-21-25-49-113(85)129-121(93)105/h13-66,69-76H,67-68H2,1-12H3. The number of rotatable bonds is 21. The van der Waals surface area contributed by atoms with E-state index in [1.165, 1.54) is 97.3 Å². The van der Waals surface area contributed by atoms with Crippen molar-refractivity contribution in [3.63, 3.8) is 0 Å². The molecular formula is C122H102N4O4Si2. The lowest BCUT2D eigenvalue weighted by Crippen LogP contribution is -2.41. The molecule has 20 aromatic carbocycles. The second-order valence-electron chi connectivity index (χ2n) is 39.2. The summed E-state index contributed by atoms with van der Waals surface area (Å²) in [5, 5.41) is 26.3. The first kappa shape index (κ1) is 80.6. The van der Waals surface area contributed by atoms with E-state index in [1.54, 1.807) is 0 Å². The van der Waals surface area contributed by atoms with Crippen LogP contribution in [0.1, 0.15) is 101 Å². The number of benzene rings is 20. The molecule has 0 saturated carbocycles. The van der Waals surface area contributed by atoms with E-state index in [-0.39, 0.29) is 23.7 Å². The Morgan fingerprint density at radius 1 is 0.220 bits per heavy atom. The van der Waals surface area contributed by atoms with Gasteiger partial charge in [-0.15, -0.1) is 0 Å². The van der Waals surface area contributed by atoms with Crippen molar-refractivity contribution in [1.29, 1.82) is 0 Å².